The Balaban J connectivity index is 1.63. The molecule has 0 radical (unpaired) electrons. The number of halogens is 1. The number of amides is 1. The second kappa shape index (κ2) is 6.09. The molecular weight excluding hydrogens is 385 g/mol. The van der Waals surface area contributed by atoms with E-state index in [1.165, 1.54) is 0 Å². The minimum Gasteiger partial charge on any atom is -0.353 e. The van der Waals surface area contributed by atoms with E-state index in [1.54, 1.807) is 17.5 Å². The SMILES string of the molecule is O=C(c1csc(I)c1)N1CCN(c2ccccn2)CC1. The summed E-state index contributed by atoms with van der Waals surface area (Å²) >= 11 is 3.86. The number of hydrogen-bond acceptors (Lipinski definition) is 4. The molecule has 0 atom stereocenters. The summed E-state index contributed by atoms with van der Waals surface area (Å²) < 4.78 is 1.15. The summed E-state index contributed by atoms with van der Waals surface area (Å²) in [5.41, 5.74) is 0.811. The Morgan fingerprint density at radius 2 is 2.05 bits per heavy atom. The summed E-state index contributed by atoms with van der Waals surface area (Å²) in [6.45, 7) is 3.18. The quantitative estimate of drug-likeness (QED) is 0.729. The molecule has 2 aromatic rings. The van der Waals surface area contributed by atoms with Gasteiger partial charge in [-0.15, -0.1) is 11.3 Å². The second-order valence-corrected chi connectivity index (χ2v) is 7.41. The molecular formula is C14H14IN3OS. The first-order chi connectivity index (χ1) is 9.74. The molecule has 1 aliphatic rings. The number of nitrogens with zero attached hydrogens (tertiary/aromatic N) is 3. The fourth-order valence-electron chi connectivity index (χ4n) is 2.28. The van der Waals surface area contributed by atoms with Crippen LogP contribution in [0.3, 0.4) is 0 Å². The summed E-state index contributed by atoms with van der Waals surface area (Å²) in [6, 6.07) is 7.88. The van der Waals surface area contributed by atoms with Gasteiger partial charge in [0.15, 0.2) is 0 Å². The summed E-state index contributed by atoms with van der Waals surface area (Å²) in [7, 11) is 0. The lowest BCUT2D eigenvalue weighted by molar-refractivity contribution is 0.0747. The zero-order chi connectivity index (χ0) is 13.9. The van der Waals surface area contributed by atoms with Crippen LogP contribution in [0.1, 0.15) is 10.4 Å². The number of hydrogen-bond donors (Lipinski definition) is 0. The van der Waals surface area contributed by atoms with Crippen molar-refractivity contribution in [2.45, 2.75) is 0 Å². The van der Waals surface area contributed by atoms with Crippen LogP contribution in [0, 0.1) is 2.88 Å². The molecule has 20 heavy (non-hydrogen) atoms. The molecule has 1 amide bonds. The minimum absolute atomic E-state index is 0.143. The molecule has 0 spiro atoms. The maximum atomic E-state index is 12.4. The molecule has 0 N–H and O–H groups in total. The van der Waals surface area contributed by atoms with Gasteiger partial charge in [-0.2, -0.15) is 0 Å². The van der Waals surface area contributed by atoms with Gasteiger partial charge < -0.3 is 9.80 Å². The van der Waals surface area contributed by atoms with Gasteiger partial charge in [0.2, 0.25) is 0 Å². The third-order valence-corrected chi connectivity index (χ3v) is 5.14. The van der Waals surface area contributed by atoms with Gasteiger partial charge in [-0.05, 0) is 40.8 Å². The van der Waals surface area contributed by atoms with Crippen molar-refractivity contribution in [2.75, 3.05) is 31.1 Å². The average Bonchev–Trinajstić information content (AvgIpc) is 2.94. The standard InChI is InChI=1S/C14H14IN3OS/c15-12-9-11(10-20-12)14(19)18-7-5-17(6-8-18)13-3-1-2-4-16-13/h1-4,9-10H,5-8H2. The van der Waals surface area contributed by atoms with Gasteiger partial charge >= 0.3 is 0 Å². The number of carbonyl (C=O) groups excluding carboxylic acids is 1. The fourth-order valence-corrected chi connectivity index (χ4v) is 3.60. The van der Waals surface area contributed by atoms with Gasteiger partial charge in [-0.3, -0.25) is 4.79 Å². The Bertz CT molecular complexity index is 593. The number of piperazine rings is 1. The molecule has 2 aromatic heterocycles. The number of anilines is 1. The van der Waals surface area contributed by atoms with Crippen LogP contribution in [0.25, 0.3) is 0 Å². The number of thiophene rings is 1. The van der Waals surface area contributed by atoms with Crippen LogP contribution in [-0.4, -0.2) is 42.0 Å². The monoisotopic (exact) mass is 399 g/mol. The van der Waals surface area contributed by atoms with Gasteiger partial charge in [0.05, 0.1) is 8.45 Å². The summed E-state index contributed by atoms with van der Waals surface area (Å²) in [4.78, 5) is 20.9. The highest BCUT2D eigenvalue weighted by Crippen LogP contribution is 2.19. The fraction of sp³-hybridized carbons (Fsp3) is 0.286. The number of pyridine rings is 1. The molecule has 0 bridgehead atoms. The molecule has 4 nitrogen and oxygen atoms in total. The van der Waals surface area contributed by atoms with Crippen LogP contribution in [0.2, 0.25) is 0 Å². The van der Waals surface area contributed by atoms with Gasteiger partial charge in [0.25, 0.3) is 5.91 Å². The van der Waals surface area contributed by atoms with Gasteiger partial charge in [0, 0.05) is 37.8 Å². The van der Waals surface area contributed by atoms with Crippen molar-refractivity contribution < 1.29 is 4.79 Å². The van der Waals surface area contributed by atoms with E-state index in [9.17, 15) is 4.79 Å². The number of carbonyl (C=O) groups is 1. The van der Waals surface area contributed by atoms with E-state index < -0.39 is 0 Å². The second-order valence-electron chi connectivity index (χ2n) is 4.61. The molecule has 104 valence electrons. The van der Waals surface area contributed by atoms with Crippen molar-refractivity contribution in [3.8, 4) is 0 Å². The summed E-state index contributed by atoms with van der Waals surface area (Å²) in [5, 5.41) is 1.94. The van der Waals surface area contributed by atoms with Crippen molar-refractivity contribution in [2.24, 2.45) is 0 Å². The molecule has 0 unspecified atom stereocenters. The number of rotatable bonds is 2. The maximum absolute atomic E-state index is 12.4. The molecule has 1 fully saturated rings. The van der Waals surface area contributed by atoms with E-state index in [0.717, 1.165) is 40.4 Å². The molecule has 0 aliphatic carbocycles. The zero-order valence-electron chi connectivity index (χ0n) is 10.8. The topological polar surface area (TPSA) is 36.4 Å². The largest absolute Gasteiger partial charge is 0.353 e. The van der Waals surface area contributed by atoms with Crippen molar-refractivity contribution in [1.29, 1.82) is 0 Å². The van der Waals surface area contributed by atoms with Crippen LogP contribution in [0.15, 0.2) is 35.8 Å². The Labute approximate surface area is 135 Å². The average molecular weight is 399 g/mol. The Morgan fingerprint density at radius 1 is 1.25 bits per heavy atom. The van der Waals surface area contributed by atoms with Crippen LogP contribution in [0.4, 0.5) is 5.82 Å². The predicted molar refractivity (Wildman–Crippen MR) is 89.4 cm³/mol. The maximum Gasteiger partial charge on any atom is 0.254 e. The van der Waals surface area contributed by atoms with E-state index in [0.29, 0.717) is 0 Å². The lowest BCUT2D eigenvalue weighted by Gasteiger charge is -2.35. The lowest BCUT2D eigenvalue weighted by atomic mass is 10.2. The van der Waals surface area contributed by atoms with Gasteiger partial charge in [0.1, 0.15) is 5.82 Å². The smallest absolute Gasteiger partial charge is 0.254 e. The first kappa shape index (κ1) is 13.8. The molecule has 0 aromatic carbocycles. The lowest BCUT2D eigenvalue weighted by Crippen LogP contribution is -2.49. The summed E-state index contributed by atoms with van der Waals surface area (Å²) in [6.07, 6.45) is 1.81. The zero-order valence-corrected chi connectivity index (χ0v) is 13.8. The number of aromatic nitrogens is 1. The van der Waals surface area contributed by atoms with E-state index in [1.807, 2.05) is 34.5 Å². The first-order valence-corrected chi connectivity index (χ1v) is 8.39. The Hall–Kier alpha value is -1.15. The highest BCUT2D eigenvalue weighted by molar-refractivity contribution is 14.1. The normalized spacial score (nSPS) is 15.4. The highest BCUT2D eigenvalue weighted by Gasteiger charge is 2.23. The van der Waals surface area contributed by atoms with E-state index in [4.69, 9.17) is 0 Å². The minimum atomic E-state index is 0.143. The predicted octanol–water partition coefficient (Wildman–Crippen LogP) is 2.71. The highest BCUT2D eigenvalue weighted by atomic mass is 127. The van der Waals surface area contributed by atoms with Crippen LogP contribution in [0.5, 0.6) is 0 Å². The molecule has 6 heteroatoms. The van der Waals surface area contributed by atoms with Crippen molar-refractivity contribution >= 4 is 45.7 Å². The van der Waals surface area contributed by atoms with Crippen LogP contribution >= 0.6 is 33.9 Å². The van der Waals surface area contributed by atoms with Gasteiger partial charge in [-0.1, -0.05) is 6.07 Å². The van der Waals surface area contributed by atoms with Crippen LogP contribution in [-0.2, 0) is 0 Å². The van der Waals surface area contributed by atoms with Crippen molar-refractivity contribution in [1.82, 2.24) is 9.88 Å². The third kappa shape index (κ3) is 2.95. The third-order valence-electron chi connectivity index (χ3n) is 3.35. The van der Waals surface area contributed by atoms with Crippen LogP contribution < -0.4 is 4.90 Å². The first-order valence-electron chi connectivity index (χ1n) is 6.43. The van der Waals surface area contributed by atoms with Crippen molar-refractivity contribution in [3.63, 3.8) is 0 Å². The van der Waals surface area contributed by atoms with E-state index in [2.05, 4.69) is 32.5 Å². The molecule has 1 aliphatic heterocycles. The Kier molecular flexibility index (Phi) is 4.21. The van der Waals surface area contributed by atoms with E-state index >= 15 is 0 Å². The van der Waals surface area contributed by atoms with E-state index in [-0.39, 0.29) is 5.91 Å². The molecule has 3 heterocycles. The Morgan fingerprint density at radius 3 is 2.65 bits per heavy atom. The van der Waals surface area contributed by atoms with Gasteiger partial charge in [-0.25, -0.2) is 4.98 Å². The summed E-state index contributed by atoms with van der Waals surface area (Å²) in [5.74, 6) is 1.13. The van der Waals surface area contributed by atoms with Crippen molar-refractivity contribution in [3.05, 3.63) is 44.3 Å². The molecule has 3 rings (SSSR count). The molecule has 0 saturated carbocycles. The molecule has 1 saturated heterocycles.